The predicted octanol–water partition coefficient (Wildman–Crippen LogP) is 1.62. The molecule has 1 aromatic carbocycles. The average molecular weight is 248 g/mol. The second-order valence-electron chi connectivity index (χ2n) is 5.22. The van der Waals surface area contributed by atoms with Gasteiger partial charge in [-0.3, -0.25) is 4.90 Å². The highest BCUT2D eigenvalue weighted by atomic mass is 16.3. The molecule has 0 amide bonds. The van der Waals surface area contributed by atoms with E-state index in [0.717, 1.165) is 26.1 Å². The minimum atomic E-state index is 0.270. The molecule has 0 saturated carbocycles. The van der Waals surface area contributed by atoms with Crippen LogP contribution in [0.1, 0.15) is 25.3 Å². The topological polar surface area (TPSA) is 35.5 Å². The molecule has 2 atom stereocenters. The third-order valence-corrected chi connectivity index (χ3v) is 3.76. The van der Waals surface area contributed by atoms with Crippen molar-refractivity contribution in [3.8, 4) is 0 Å². The Kier molecular flexibility index (Phi) is 5.17. The van der Waals surface area contributed by atoms with Crippen molar-refractivity contribution < 1.29 is 5.11 Å². The van der Waals surface area contributed by atoms with E-state index in [-0.39, 0.29) is 6.61 Å². The van der Waals surface area contributed by atoms with Gasteiger partial charge in [-0.2, -0.15) is 0 Å². The lowest BCUT2D eigenvalue weighted by molar-refractivity contribution is 0.159. The lowest BCUT2D eigenvalue weighted by Gasteiger charge is -2.29. The summed E-state index contributed by atoms with van der Waals surface area (Å²) in [7, 11) is 0. The van der Waals surface area contributed by atoms with Crippen LogP contribution in [0.25, 0.3) is 0 Å². The summed E-state index contributed by atoms with van der Waals surface area (Å²) in [5, 5.41) is 12.7. The molecule has 1 aliphatic heterocycles. The molecule has 1 heterocycles. The van der Waals surface area contributed by atoms with Gasteiger partial charge in [0, 0.05) is 38.3 Å². The van der Waals surface area contributed by atoms with Gasteiger partial charge in [0.1, 0.15) is 0 Å². The quantitative estimate of drug-likeness (QED) is 0.850. The van der Waals surface area contributed by atoms with E-state index in [2.05, 4.69) is 47.5 Å². The maximum Gasteiger partial charge on any atom is 0.0446 e. The van der Waals surface area contributed by atoms with Gasteiger partial charge in [0.05, 0.1) is 0 Å². The first-order valence-electron chi connectivity index (χ1n) is 6.92. The van der Waals surface area contributed by atoms with Crippen LogP contribution in [0.5, 0.6) is 0 Å². The van der Waals surface area contributed by atoms with E-state index in [1.165, 1.54) is 12.0 Å². The van der Waals surface area contributed by atoms with Crippen molar-refractivity contribution in [1.82, 2.24) is 10.2 Å². The highest BCUT2D eigenvalue weighted by Crippen LogP contribution is 2.14. The Morgan fingerprint density at radius 1 is 1.33 bits per heavy atom. The predicted molar refractivity (Wildman–Crippen MR) is 74.4 cm³/mol. The van der Waals surface area contributed by atoms with E-state index in [1.54, 1.807) is 0 Å². The number of benzene rings is 1. The van der Waals surface area contributed by atoms with Gasteiger partial charge in [-0.05, 0) is 25.3 Å². The minimum Gasteiger partial charge on any atom is -0.396 e. The van der Waals surface area contributed by atoms with Crippen molar-refractivity contribution in [3.63, 3.8) is 0 Å². The van der Waals surface area contributed by atoms with Crippen LogP contribution in [0, 0.1) is 0 Å². The molecule has 0 radical (unpaired) electrons. The zero-order valence-electron chi connectivity index (χ0n) is 11.2. The van der Waals surface area contributed by atoms with Gasteiger partial charge in [0.2, 0.25) is 0 Å². The fraction of sp³-hybridized carbons (Fsp3) is 0.600. The van der Waals surface area contributed by atoms with Crippen LogP contribution in [-0.2, 0) is 6.54 Å². The lowest BCUT2D eigenvalue weighted by Crippen LogP contribution is -2.40. The third-order valence-electron chi connectivity index (χ3n) is 3.76. The normalized spacial score (nSPS) is 25.9. The number of rotatable bonds is 4. The maximum atomic E-state index is 9.21. The molecule has 1 aliphatic rings. The molecule has 18 heavy (non-hydrogen) atoms. The molecule has 2 rings (SSSR count). The largest absolute Gasteiger partial charge is 0.396 e. The molecule has 100 valence electrons. The first-order chi connectivity index (χ1) is 8.79. The summed E-state index contributed by atoms with van der Waals surface area (Å²) in [5.74, 6) is 0. The molecule has 1 fully saturated rings. The van der Waals surface area contributed by atoms with Crippen LogP contribution in [0.2, 0.25) is 0 Å². The van der Waals surface area contributed by atoms with Crippen LogP contribution in [-0.4, -0.2) is 41.8 Å². The van der Waals surface area contributed by atoms with E-state index < -0.39 is 0 Å². The molecule has 0 spiro atoms. The fourth-order valence-corrected chi connectivity index (χ4v) is 2.57. The van der Waals surface area contributed by atoms with Gasteiger partial charge in [-0.1, -0.05) is 30.3 Å². The number of hydrogen-bond acceptors (Lipinski definition) is 3. The van der Waals surface area contributed by atoms with Crippen molar-refractivity contribution >= 4 is 0 Å². The number of hydrogen-bond donors (Lipinski definition) is 2. The molecule has 0 aliphatic carbocycles. The molecular weight excluding hydrogens is 224 g/mol. The second-order valence-corrected chi connectivity index (χ2v) is 5.22. The summed E-state index contributed by atoms with van der Waals surface area (Å²) in [6, 6.07) is 11.6. The molecule has 3 nitrogen and oxygen atoms in total. The number of nitrogens with one attached hydrogen (secondary N) is 1. The second kappa shape index (κ2) is 6.88. The zero-order valence-corrected chi connectivity index (χ0v) is 11.2. The van der Waals surface area contributed by atoms with Crippen LogP contribution in [0.15, 0.2) is 30.3 Å². The van der Waals surface area contributed by atoms with Gasteiger partial charge < -0.3 is 10.4 Å². The summed E-state index contributed by atoms with van der Waals surface area (Å²) in [6.45, 7) is 5.58. The fourth-order valence-electron chi connectivity index (χ4n) is 2.57. The minimum absolute atomic E-state index is 0.270. The van der Waals surface area contributed by atoms with Gasteiger partial charge in [-0.15, -0.1) is 0 Å². The van der Waals surface area contributed by atoms with Crippen LogP contribution >= 0.6 is 0 Å². The summed E-state index contributed by atoms with van der Waals surface area (Å²) < 4.78 is 0. The molecule has 0 bridgehead atoms. The Bertz CT molecular complexity index is 342. The molecule has 1 aromatic rings. The molecule has 0 aromatic heterocycles. The molecule has 3 heteroatoms. The Morgan fingerprint density at radius 2 is 2.11 bits per heavy atom. The average Bonchev–Trinajstić information content (AvgIpc) is 2.56. The molecule has 2 N–H and O–H groups in total. The van der Waals surface area contributed by atoms with E-state index in [4.69, 9.17) is 0 Å². The Labute approximate surface area is 110 Å². The lowest BCUT2D eigenvalue weighted by atomic mass is 10.1. The number of aliphatic hydroxyl groups excluding tert-OH is 1. The van der Waals surface area contributed by atoms with Crippen LogP contribution < -0.4 is 5.32 Å². The zero-order chi connectivity index (χ0) is 12.8. The smallest absolute Gasteiger partial charge is 0.0446 e. The van der Waals surface area contributed by atoms with E-state index in [9.17, 15) is 5.11 Å². The first kappa shape index (κ1) is 13.5. The summed E-state index contributed by atoms with van der Waals surface area (Å²) in [5.41, 5.74) is 1.36. The number of nitrogens with zero attached hydrogens (tertiary/aromatic N) is 1. The standard InChI is InChI=1S/C15H24N2O/c1-13-7-9-17(15(8-10-18)11-16-13)12-14-5-3-2-4-6-14/h2-6,13,15-16,18H,7-12H2,1H3. The van der Waals surface area contributed by atoms with Crippen molar-refractivity contribution in [1.29, 1.82) is 0 Å². The number of aliphatic hydroxyl groups is 1. The highest BCUT2D eigenvalue weighted by molar-refractivity contribution is 5.14. The molecule has 1 saturated heterocycles. The van der Waals surface area contributed by atoms with Crippen LogP contribution in [0.4, 0.5) is 0 Å². The Morgan fingerprint density at radius 3 is 2.83 bits per heavy atom. The first-order valence-corrected chi connectivity index (χ1v) is 6.92. The van der Waals surface area contributed by atoms with Gasteiger partial charge in [0.15, 0.2) is 0 Å². The van der Waals surface area contributed by atoms with Gasteiger partial charge in [0.25, 0.3) is 0 Å². The van der Waals surface area contributed by atoms with Crippen molar-refractivity contribution in [2.24, 2.45) is 0 Å². The Balaban J connectivity index is 2.02. The van der Waals surface area contributed by atoms with Crippen molar-refractivity contribution in [2.75, 3.05) is 19.7 Å². The Hall–Kier alpha value is -0.900. The SMILES string of the molecule is CC1CCN(Cc2ccccc2)C(CCO)CN1. The van der Waals surface area contributed by atoms with E-state index in [0.29, 0.717) is 12.1 Å². The van der Waals surface area contributed by atoms with E-state index in [1.807, 2.05) is 0 Å². The highest BCUT2D eigenvalue weighted by Gasteiger charge is 2.22. The van der Waals surface area contributed by atoms with E-state index >= 15 is 0 Å². The van der Waals surface area contributed by atoms with Gasteiger partial charge >= 0.3 is 0 Å². The van der Waals surface area contributed by atoms with Crippen LogP contribution in [0.3, 0.4) is 0 Å². The molecular formula is C15H24N2O. The summed E-state index contributed by atoms with van der Waals surface area (Å²) >= 11 is 0. The third kappa shape index (κ3) is 3.80. The summed E-state index contributed by atoms with van der Waals surface area (Å²) in [4.78, 5) is 2.50. The molecule has 2 unspecified atom stereocenters. The van der Waals surface area contributed by atoms with Gasteiger partial charge in [-0.25, -0.2) is 0 Å². The van der Waals surface area contributed by atoms with Crippen molar-refractivity contribution in [2.45, 2.75) is 38.4 Å². The monoisotopic (exact) mass is 248 g/mol. The summed E-state index contributed by atoms with van der Waals surface area (Å²) in [6.07, 6.45) is 2.03. The van der Waals surface area contributed by atoms with Crippen molar-refractivity contribution in [3.05, 3.63) is 35.9 Å². The maximum absolute atomic E-state index is 9.21.